The average molecular weight is 298 g/mol. The van der Waals surface area contributed by atoms with Gasteiger partial charge in [0.1, 0.15) is 0 Å². The lowest BCUT2D eigenvalue weighted by Gasteiger charge is -2.17. The van der Waals surface area contributed by atoms with Gasteiger partial charge in [-0.1, -0.05) is 42.1 Å². The number of aromatic nitrogens is 3. The van der Waals surface area contributed by atoms with E-state index in [1.54, 1.807) is 0 Å². The molecule has 2 aromatic heterocycles. The van der Waals surface area contributed by atoms with E-state index >= 15 is 0 Å². The lowest BCUT2D eigenvalue weighted by molar-refractivity contribution is 0.691. The zero-order valence-corrected chi connectivity index (χ0v) is 13.0. The molecular formula is C16H18N4S. The van der Waals surface area contributed by atoms with Crippen molar-refractivity contribution in [3.05, 3.63) is 52.7 Å². The first-order valence-corrected chi connectivity index (χ1v) is 7.94. The van der Waals surface area contributed by atoms with Crippen LogP contribution in [0.2, 0.25) is 0 Å². The Hall–Kier alpha value is -1.85. The maximum atomic E-state index is 4.56. The number of para-hydroxylation sites is 1. The normalized spacial score (nSPS) is 12.7. The van der Waals surface area contributed by atoms with Gasteiger partial charge in [0.05, 0.1) is 22.1 Å². The predicted molar refractivity (Wildman–Crippen MR) is 86.5 cm³/mol. The van der Waals surface area contributed by atoms with E-state index in [4.69, 9.17) is 0 Å². The van der Waals surface area contributed by atoms with Gasteiger partial charge in [-0.25, -0.2) is 0 Å². The molecule has 2 heterocycles. The van der Waals surface area contributed by atoms with Crippen LogP contribution in [-0.4, -0.2) is 21.6 Å². The molecule has 108 valence electrons. The highest BCUT2D eigenvalue weighted by atomic mass is 32.1. The molecular weight excluding hydrogens is 280 g/mol. The van der Waals surface area contributed by atoms with Gasteiger partial charge >= 0.3 is 0 Å². The molecule has 4 nitrogen and oxygen atoms in total. The van der Waals surface area contributed by atoms with Crippen LogP contribution in [0, 0.1) is 0 Å². The summed E-state index contributed by atoms with van der Waals surface area (Å²) in [5, 5.41) is 8.85. The maximum absolute atomic E-state index is 4.56. The molecule has 3 rings (SSSR count). The minimum atomic E-state index is 0.0881. The van der Waals surface area contributed by atoms with Crippen molar-refractivity contribution in [1.29, 1.82) is 0 Å². The lowest BCUT2D eigenvalue weighted by atomic mass is 10.00. The first-order valence-electron chi connectivity index (χ1n) is 7.17. The molecule has 5 heteroatoms. The standard InChI is InChI=1S/C16H18N4S/c1-3-6-13-16(21-20-19-13)15(17-2)12-9-4-7-11-8-5-10-18-14(11)12/h4-5,7-10,15,17H,3,6H2,1-2H3. The summed E-state index contributed by atoms with van der Waals surface area (Å²) in [7, 11) is 1.97. The molecule has 0 saturated carbocycles. The van der Waals surface area contributed by atoms with Crippen LogP contribution < -0.4 is 5.32 Å². The first-order chi connectivity index (χ1) is 10.3. The number of aryl methyl sites for hydroxylation is 1. The molecule has 1 N–H and O–H groups in total. The highest BCUT2D eigenvalue weighted by molar-refractivity contribution is 7.05. The number of hydrogen-bond acceptors (Lipinski definition) is 5. The van der Waals surface area contributed by atoms with Gasteiger partial charge in [-0.05, 0) is 31.1 Å². The molecule has 0 aliphatic carbocycles. The summed E-state index contributed by atoms with van der Waals surface area (Å²) in [6, 6.07) is 10.5. The summed E-state index contributed by atoms with van der Waals surface area (Å²) in [6.45, 7) is 2.16. The molecule has 0 saturated heterocycles. The Morgan fingerprint density at radius 3 is 2.90 bits per heavy atom. The number of nitrogens with one attached hydrogen (secondary N) is 1. The lowest BCUT2D eigenvalue weighted by Crippen LogP contribution is -2.18. The Morgan fingerprint density at radius 2 is 2.10 bits per heavy atom. The van der Waals surface area contributed by atoms with Crippen molar-refractivity contribution < 1.29 is 0 Å². The third-order valence-corrected chi connectivity index (χ3v) is 4.43. The second-order valence-corrected chi connectivity index (χ2v) is 5.76. The highest BCUT2D eigenvalue weighted by Gasteiger charge is 2.21. The Labute approximate surface area is 128 Å². The van der Waals surface area contributed by atoms with Crippen LogP contribution in [0.3, 0.4) is 0 Å². The van der Waals surface area contributed by atoms with E-state index in [9.17, 15) is 0 Å². The molecule has 0 fully saturated rings. The van der Waals surface area contributed by atoms with E-state index in [1.165, 1.54) is 22.0 Å². The monoisotopic (exact) mass is 298 g/mol. The fourth-order valence-electron chi connectivity index (χ4n) is 2.63. The average Bonchev–Trinajstić information content (AvgIpc) is 2.97. The number of fused-ring (bicyclic) bond motifs is 1. The summed E-state index contributed by atoms with van der Waals surface area (Å²) >= 11 is 1.47. The number of hydrogen-bond donors (Lipinski definition) is 1. The van der Waals surface area contributed by atoms with Crippen molar-refractivity contribution in [3.63, 3.8) is 0 Å². The molecule has 0 aliphatic heterocycles. The first kappa shape index (κ1) is 14.1. The maximum Gasteiger partial charge on any atom is 0.0807 e. The summed E-state index contributed by atoms with van der Waals surface area (Å²) in [6.07, 6.45) is 3.88. The number of benzene rings is 1. The van der Waals surface area contributed by atoms with E-state index in [2.05, 4.69) is 51.1 Å². The quantitative estimate of drug-likeness (QED) is 0.785. The van der Waals surface area contributed by atoms with Crippen LogP contribution in [0.15, 0.2) is 36.5 Å². The fraction of sp³-hybridized carbons (Fsp3) is 0.312. The van der Waals surface area contributed by atoms with E-state index in [1.807, 2.05) is 19.3 Å². The van der Waals surface area contributed by atoms with Crippen LogP contribution in [0.5, 0.6) is 0 Å². The largest absolute Gasteiger partial charge is 0.308 e. The van der Waals surface area contributed by atoms with Gasteiger partial charge < -0.3 is 5.32 Å². The van der Waals surface area contributed by atoms with Crippen LogP contribution in [0.25, 0.3) is 10.9 Å². The third-order valence-electron chi connectivity index (χ3n) is 3.60. The van der Waals surface area contributed by atoms with Crippen molar-refractivity contribution in [3.8, 4) is 0 Å². The third kappa shape index (κ3) is 2.66. The van der Waals surface area contributed by atoms with Crippen LogP contribution in [0.1, 0.15) is 35.5 Å². The van der Waals surface area contributed by atoms with E-state index in [0.29, 0.717) is 0 Å². The Morgan fingerprint density at radius 1 is 1.24 bits per heavy atom. The van der Waals surface area contributed by atoms with E-state index in [-0.39, 0.29) is 6.04 Å². The predicted octanol–water partition coefficient (Wildman–Crippen LogP) is 3.35. The van der Waals surface area contributed by atoms with Crippen LogP contribution >= 0.6 is 11.5 Å². The molecule has 3 aromatic rings. The zero-order valence-electron chi connectivity index (χ0n) is 12.2. The van der Waals surface area contributed by atoms with Gasteiger partial charge in [-0.3, -0.25) is 4.98 Å². The molecule has 0 amide bonds. The molecule has 0 aliphatic rings. The van der Waals surface area contributed by atoms with Crippen molar-refractivity contribution in [1.82, 2.24) is 19.9 Å². The van der Waals surface area contributed by atoms with Gasteiger partial charge in [0.2, 0.25) is 0 Å². The summed E-state index contributed by atoms with van der Waals surface area (Å²) in [4.78, 5) is 5.75. The zero-order chi connectivity index (χ0) is 14.7. The van der Waals surface area contributed by atoms with Gasteiger partial charge in [-0.2, -0.15) is 0 Å². The van der Waals surface area contributed by atoms with Crippen LogP contribution in [0.4, 0.5) is 0 Å². The second-order valence-electron chi connectivity index (χ2n) is 4.98. The van der Waals surface area contributed by atoms with Gasteiger partial charge in [0.15, 0.2) is 0 Å². The number of pyridine rings is 1. The Bertz CT molecular complexity index is 732. The molecule has 1 aromatic carbocycles. The van der Waals surface area contributed by atoms with Gasteiger partial charge in [0, 0.05) is 17.1 Å². The smallest absolute Gasteiger partial charge is 0.0807 e. The fourth-order valence-corrected chi connectivity index (χ4v) is 3.46. The minimum Gasteiger partial charge on any atom is -0.308 e. The SMILES string of the molecule is CCCc1nnsc1C(NC)c1cccc2cccnc12. The highest BCUT2D eigenvalue weighted by Crippen LogP contribution is 2.31. The summed E-state index contributed by atoms with van der Waals surface area (Å²) in [5.41, 5.74) is 3.31. The Balaban J connectivity index is 2.12. The van der Waals surface area contributed by atoms with Crippen molar-refractivity contribution >= 4 is 22.4 Å². The molecule has 0 bridgehead atoms. The second kappa shape index (κ2) is 6.28. The van der Waals surface area contributed by atoms with Gasteiger partial charge in [-0.15, -0.1) is 5.10 Å². The molecule has 0 radical (unpaired) electrons. The van der Waals surface area contributed by atoms with Crippen molar-refractivity contribution in [2.24, 2.45) is 0 Å². The topological polar surface area (TPSA) is 50.7 Å². The van der Waals surface area contributed by atoms with E-state index < -0.39 is 0 Å². The molecule has 21 heavy (non-hydrogen) atoms. The number of nitrogens with zero attached hydrogens (tertiary/aromatic N) is 3. The van der Waals surface area contributed by atoms with Crippen molar-refractivity contribution in [2.75, 3.05) is 7.05 Å². The van der Waals surface area contributed by atoms with Gasteiger partial charge in [0.25, 0.3) is 0 Å². The summed E-state index contributed by atoms with van der Waals surface area (Å²) in [5.74, 6) is 0. The molecule has 1 atom stereocenters. The van der Waals surface area contributed by atoms with Crippen LogP contribution in [-0.2, 0) is 6.42 Å². The number of rotatable bonds is 5. The summed E-state index contributed by atoms with van der Waals surface area (Å²) < 4.78 is 4.15. The molecule has 1 unspecified atom stereocenters. The molecule has 0 spiro atoms. The van der Waals surface area contributed by atoms with E-state index in [0.717, 1.165) is 29.4 Å². The Kier molecular flexibility index (Phi) is 4.22. The minimum absolute atomic E-state index is 0.0881. The van der Waals surface area contributed by atoms with Crippen molar-refractivity contribution in [2.45, 2.75) is 25.8 Å².